The third-order valence-electron chi connectivity index (χ3n) is 4.77. The molecule has 1 saturated heterocycles. The summed E-state index contributed by atoms with van der Waals surface area (Å²) in [4.78, 5) is 26.4. The molecule has 1 aliphatic heterocycles. The molecule has 0 N–H and O–H groups in total. The Morgan fingerprint density at radius 1 is 1.21 bits per heavy atom. The molecule has 0 radical (unpaired) electrons. The Labute approximate surface area is 159 Å². The van der Waals surface area contributed by atoms with Crippen LogP contribution in [0.2, 0.25) is 0 Å². The number of alkyl halides is 3. The van der Waals surface area contributed by atoms with Gasteiger partial charge < -0.3 is 9.64 Å². The molecule has 3 rings (SSSR count). The summed E-state index contributed by atoms with van der Waals surface area (Å²) in [5.74, 6) is -0.705. The van der Waals surface area contributed by atoms with E-state index in [1.54, 1.807) is 29.2 Å². The van der Waals surface area contributed by atoms with Crippen LogP contribution in [0.15, 0.2) is 29.1 Å². The molecule has 0 atom stereocenters. The van der Waals surface area contributed by atoms with Crippen LogP contribution in [0.3, 0.4) is 0 Å². The van der Waals surface area contributed by atoms with Crippen molar-refractivity contribution < 1.29 is 22.7 Å². The SMILES string of the molecule is CCOc1ccc(C(=O)N2CCC(n3nc(C(F)(F)F)n(C)c3=O)CC2)cc1. The van der Waals surface area contributed by atoms with Gasteiger partial charge in [0.2, 0.25) is 5.82 Å². The minimum absolute atomic E-state index is 0.161. The zero-order valence-corrected chi connectivity index (χ0v) is 15.6. The van der Waals surface area contributed by atoms with Crippen LogP contribution in [0.25, 0.3) is 0 Å². The van der Waals surface area contributed by atoms with Gasteiger partial charge in [-0.05, 0) is 44.0 Å². The van der Waals surface area contributed by atoms with Crippen molar-refractivity contribution in [1.29, 1.82) is 0 Å². The quantitative estimate of drug-likeness (QED) is 0.794. The van der Waals surface area contributed by atoms with Crippen molar-refractivity contribution in [3.8, 4) is 5.75 Å². The van der Waals surface area contributed by atoms with Crippen molar-refractivity contribution in [2.75, 3.05) is 19.7 Å². The highest BCUT2D eigenvalue weighted by Gasteiger charge is 2.39. The van der Waals surface area contributed by atoms with E-state index in [0.29, 0.717) is 48.4 Å². The molecule has 7 nitrogen and oxygen atoms in total. The first-order valence-corrected chi connectivity index (χ1v) is 8.97. The Morgan fingerprint density at radius 3 is 2.32 bits per heavy atom. The summed E-state index contributed by atoms with van der Waals surface area (Å²) in [6.45, 7) is 3.07. The Balaban J connectivity index is 1.68. The number of hydrogen-bond acceptors (Lipinski definition) is 4. The van der Waals surface area contributed by atoms with Gasteiger partial charge in [0.15, 0.2) is 0 Å². The first-order chi connectivity index (χ1) is 13.2. The molecule has 1 amide bonds. The Kier molecular flexibility index (Phi) is 5.48. The number of carbonyl (C=O) groups excluding carboxylic acids is 1. The highest BCUT2D eigenvalue weighted by atomic mass is 19.4. The van der Waals surface area contributed by atoms with Gasteiger partial charge in [0.1, 0.15) is 5.75 Å². The number of likely N-dealkylation sites (tertiary alicyclic amines) is 1. The van der Waals surface area contributed by atoms with E-state index in [2.05, 4.69) is 5.10 Å². The topological polar surface area (TPSA) is 69.4 Å². The molecule has 0 spiro atoms. The first-order valence-electron chi connectivity index (χ1n) is 8.97. The first kappa shape index (κ1) is 20.0. The molecule has 10 heteroatoms. The molecule has 28 heavy (non-hydrogen) atoms. The maximum atomic E-state index is 12.9. The molecule has 0 bridgehead atoms. The Bertz CT molecular complexity index is 894. The number of amides is 1. The van der Waals surface area contributed by atoms with E-state index < -0.39 is 23.7 Å². The summed E-state index contributed by atoms with van der Waals surface area (Å²) in [5, 5.41) is 3.48. The van der Waals surface area contributed by atoms with Crippen molar-refractivity contribution in [3.05, 3.63) is 46.1 Å². The summed E-state index contributed by atoms with van der Waals surface area (Å²) in [7, 11) is 1.05. The predicted molar refractivity (Wildman–Crippen MR) is 94.3 cm³/mol. The standard InChI is InChI=1S/C18H21F3N4O3/c1-3-28-14-6-4-12(5-7-14)15(26)24-10-8-13(9-11-24)25-17(27)23(2)16(22-25)18(19,20)21/h4-7,13H,3,8-11H2,1-2H3. The Morgan fingerprint density at radius 2 is 1.82 bits per heavy atom. The summed E-state index contributed by atoms with van der Waals surface area (Å²) in [5.41, 5.74) is -0.292. The maximum absolute atomic E-state index is 12.9. The number of hydrogen-bond donors (Lipinski definition) is 0. The molecular formula is C18H21F3N4O3. The molecular weight excluding hydrogens is 377 g/mol. The summed E-state index contributed by atoms with van der Waals surface area (Å²) >= 11 is 0. The Hall–Kier alpha value is -2.78. The van der Waals surface area contributed by atoms with Crippen LogP contribution in [-0.4, -0.2) is 44.9 Å². The number of nitrogens with zero attached hydrogens (tertiary/aromatic N) is 4. The normalized spacial score (nSPS) is 15.7. The lowest BCUT2D eigenvalue weighted by atomic mass is 10.0. The molecule has 1 aliphatic rings. The van der Waals surface area contributed by atoms with Gasteiger partial charge in [0, 0.05) is 25.7 Å². The summed E-state index contributed by atoms with van der Waals surface area (Å²) in [6, 6.07) is 6.32. The number of piperidine rings is 1. The second-order valence-corrected chi connectivity index (χ2v) is 6.59. The van der Waals surface area contributed by atoms with Gasteiger partial charge in [-0.25, -0.2) is 9.48 Å². The van der Waals surface area contributed by atoms with Crippen LogP contribution in [-0.2, 0) is 13.2 Å². The smallest absolute Gasteiger partial charge is 0.451 e. The van der Waals surface area contributed by atoms with Crippen LogP contribution >= 0.6 is 0 Å². The minimum atomic E-state index is -4.69. The fourth-order valence-electron chi connectivity index (χ4n) is 3.30. The van der Waals surface area contributed by atoms with E-state index in [1.807, 2.05) is 6.92 Å². The third-order valence-corrected chi connectivity index (χ3v) is 4.77. The van der Waals surface area contributed by atoms with Gasteiger partial charge in [-0.1, -0.05) is 0 Å². The van der Waals surface area contributed by atoms with Crippen molar-refractivity contribution in [2.24, 2.45) is 7.05 Å². The van der Waals surface area contributed by atoms with Gasteiger partial charge in [-0.15, -0.1) is 5.10 Å². The number of aromatic nitrogens is 3. The van der Waals surface area contributed by atoms with E-state index in [1.165, 1.54) is 0 Å². The second-order valence-electron chi connectivity index (χ2n) is 6.59. The molecule has 152 valence electrons. The van der Waals surface area contributed by atoms with Crippen LogP contribution in [0.4, 0.5) is 13.2 Å². The largest absolute Gasteiger partial charge is 0.494 e. The lowest BCUT2D eigenvalue weighted by molar-refractivity contribution is -0.147. The lowest BCUT2D eigenvalue weighted by Gasteiger charge is -2.31. The molecule has 0 saturated carbocycles. The molecule has 1 fully saturated rings. The summed E-state index contributed by atoms with van der Waals surface area (Å²) in [6.07, 6.45) is -3.97. The van der Waals surface area contributed by atoms with Crippen molar-refractivity contribution >= 4 is 5.91 Å². The zero-order valence-electron chi connectivity index (χ0n) is 15.6. The average Bonchev–Trinajstić information content (AvgIpc) is 2.97. The highest BCUT2D eigenvalue weighted by Crippen LogP contribution is 2.28. The van der Waals surface area contributed by atoms with Gasteiger partial charge in [-0.3, -0.25) is 9.36 Å². The van der Waals surface area contributed by atoms with E-state index in [0.717, 1.165) is 11.7 Å². The fourth-order valence-corrected chi connectivity index (χ4v) is 3.30. The van der Waals surface area contributed by atoms with E-state index >= 15 is 0 Å². The van der Waals surface area contributed by atoms with Crippen LogP contribution in [0.1, 0.15) is 42.0 Å². The van der Waals surface area contributed by atoms with Crippen LogP contribution < -0.4 is 10.4 Å². The third kappa shape index (κ3) is 3.90. The number of halogens is 3. The number of ether oxygens (including phenoxy) is 1. The monoisotopic (exact) mass is 398 g/mol. The maximum Gasteiger partial charge on any atom is 0.451 e. The lowest BCUT2D eigenvalue weighted by Crippen LogP contribution is -2.41. The molecule has 2 aromatic rings. The van der Waals surface area contributed by atoms with Gasteiger partial charge in [0.25, 0.3) is 5.91 Å². The van der Waals surface area contributed by atoms with Crippen molar-refractivity contribution in [3.63, 3.8) is 0 Å². The van der Waals surface area contributed by atoms with Crippen LogP contribution in [0.5, 0.6) is 5.75 Å². The number of rotatable bonds is 4. The molecule has 0 unspecified atom stereocenters. The van der Waals surface area contributed by atoms with Gasteiger partial charge >= 0.3 is 11.9 Å². The number of carbonyl (C=O) groups is 1. The molecule has 0 aliphatic carbocycles. The minimum Gasteiger partial charge on any atom is -0.494 e. The number of benzene rings is 1. The highest BCUT2D eigenvalue weighted by molar-refractivity contribution is 5.94. The van der Waals surface area contributed by atoms with Gasteiger partial charge in [0.05, 0.1) is 12.6 Å². The summed E-state index contributed by atoms with van der Waals surface area (Å²) < 4.78 is 45.6. The van der Waals surface area contributed by atoms with Gasteiger partial charge in [-0.2, -0.15) is 13.2 Å². The van der Waals surface area contributed by atoms with Crippen LogP contribution in [0, 0.1) is 0 Å². The average molecular weight is 398 g/mol. The second kappa shape index (κ2) is 7.69. The predicted octanol–water partition coefficient (Wildman–Crippen LogP) is 2.48. The van der Waals surface area contributed by atoms with Crippen molar-refractivity contribution in [1.82, 2.24) is 19.2 Å². The fraction of sp³-hybridized carbons (Fsp3) is 0.500. The zero-order chi connectivity index (χ0) is 20.5. The van der Waals surface area contributed by atoms with E-state index in [-0.39, 0.29) is 5.91 Å². The molecule has 1 aromatic heterocycles. The van der Waals surface area contributed by atoms with E-state index in [9.17, 15) is 22.8 Å². The van der Waals surface area contributed by atoms with E-state index in [4.69, 9.17) is 4.74 Å². The van der Waals surface area contributed by atoms with Crippen molar-refractivity contribution in [2.45, 2.75) is 32.0 Å². The molecule has 1 aromatic carbocycles. The molecule has 2 heterocycles.